The van der Waals surface area contributed by atoms with Crippen molar-refractivity contribution >= 4 is 17.8 Å². The number of alkyl halides is 6. The summed E-state index contributed by atoms with van der Waals surface area (Å²) in [5.74, 6) is -0.446. The summed E-state index contributed by atoms with van der Waals surface area (Å²) in [6.45, 7) is -0.204. The van der Waals surface area contributed by atoms with E-state index in [4.69, 9.17) is 0 Å². The van der Waals surface area contributed by atoms with Gasteiger partial charge in [0, 0.05) is 25.1 Å². The Labute approximate surface area is 154 Å². The second kappa shape index (κ2) is 6.85. The number of anilines is 1. The predicted octanol–water partition coefficient (Wildman–Crippen LogP) is 3.35. The molecule has 0 bridgehead atoms. The van der Waals surface area contributed by atoms with Crippen LogP contribution in [0.25, 0.3) is 0 Å². The molecule has 0 aromatic carbocycles. The van der Waals surface area contributed by atoms with Crippen molar-refractivity contribution in [1.82, 2.24) is 10.1 Å². The molecule has 1 saturated heterocycles. The second-order valence-electron chi connectivity index (χ2n) is 6.83. The molecule has 1 saturated carbocycles. The average molecular weight is 415 g/mol. The molecule has 1 aromatic heterocycles. The number of carbonyl (C=O) groups excluding carboxylic acids is 2. The van der Waals surface area contributed by atoms with Gasteiger partial charge in [0.2, 0.25) is 5.91 Å². The van der Waals surface area contributed by atoms with Crippen molar-refractivity contribution in [2.24, 2.45) is 11.3 Å². The molecule has 28 heavy (non-hydrogen) atoms. The highest BCUT2D eigenvalue weighted by Gasteiger charge is 2.61. The summed E-state index contributed by atoms with van der Waals surface area (Å²) >= 11 is 0. The summed E-state index contributed by atoms with van der Waals surface area (Å²) in [6, 6.07) is 1.45. The molecule has 7 nitrogen and oxygen atoms in total. The van der Waals surface area contributed by atoms with Gasteiger partial charge >= 0.3 is 18.4 Å². The summed E-state index contributed by atoms with van der Waals surface area (Å²) in [5, 5.41) is 6.09. The van der Waals surface area contributed by atoms with E-state index in [9.17, 15) is 35.9 Å². The molecule has 1 unspecified atom stereocenters. The topological polar surface area (TPSA) is 84.7 Å². The van der Waals surface area contributed by atoms with E-state index in [0.29, 0.717) is 6.42 Å². The van der Waals surface area contributed by atoms with E-state index in [0.717, 1.165) is 4.90 Å². The monoisotopic (exact) mass is 415 g/mol. The van der Waals surface area contributed by atoms with Gasteiger partial charge in [-0.25, -0.2) is 4.79 Å². The van der Waals surface area contributed by atoms with Crippen LogP contribution in [0.2, 0.25) is 0 Å². The number of carbonyl (C=O) groups is 2. The third-order valence-corrected chi connectivity index (χ3v) is 5.03. The van der Waals surface area contributed by atoms with Crippen LogP contribution in [0.15, 0.2) is 16.9 Å². The van der Waals surface area contributed by atoms with Crippen molar-refractivity contribution in [2.75, 3.05) is 18.4 Å². The lowest BCUT2D eigenvalue weighted by atomic mass is 9.91. The van der Waals surface area contributed by atoms with Gasteiger partial charge < -0.3 is 19.5 Å². The van der Waals surface area contributed by atoms with E-state index in [-0.39, 0.29) is 43.6 Å². The van der Waals surface area contributed by atoms with Gasteiger partial charge in [-0.3, -0.25) is 4.79 Å². The number of aromatic nitrogens is 1. The summed E-state index contributed by atoms with van der Waals surface area (Å²) < 4.78 is 83.3. The van der Waals surface area contributed by atoms with Gasteiger partial charge in [0.1, 0.15) is 6.26 Å². The highest BCUT2D eigenvalue weighted by atomic mass is 19.4. The van der Waals surface area contributed by atoms with Crippen LogP contribution in [0.3, 0.4) is 0 Å². The molecule has 2 aliphatic rings. The van der Waals surface area contributed by atoms with Crippen LogP contribution in [-0.2, 0) is 9.53 Å². The van der Waals surface area contributed by atoms with E-state index in [1.807, 2.05) is 0 Å². The highest BCUT2D eigenvalue weighted by Crippen LogP contribution is 2.59. The maximum Gasteiger partial charge on any atom is 0.434 e. The van der Waals surface area contributed by atoms with Crippen LogP contribution >= 0.6 is 0 Å². The molecular weight excluding hydrogens is 400 g/mol. The Morgan fingerprint density at radius 3 is 2.32 bits per heavy atom. The molecule has 2 fully saturated rings. The molecule has 2 heterocycles. The van der Waals surface area contributed by atoms with Gasteiger partial charge in [-0.15, -0.1) is 0 Å². The molecule has 2 amide bonds. The van der Waals surface area contributed by atoms with Crippen LogP contribution in [0.5, 0.6) is 0 Å². The van der Waals surface area contributed by atoms with Crippen molar-refractivity contribution in [1.29, 1.82) is 0 Å². The number of rotatable bonds is 3. The molecule has 1 atom stereocenters. The van der Waals surface area contributed by atoms with Gasteiger partial charge in [0.05, 0.1) is 0 Å². The number of nitrogens with one attached hydrogen (secondary N) is 1. The Morgan fingerprint density at radius 1 is 1.21 bits per heavy atom. The molecule has 1 N–H and O–H groups in total. The van der Waals surface area contributed by atoms with Gasteiger partial charge in [-0.05, 0) is 24.7 Å². The third kappa shape index (κ3) is 4.17. The van der Waals surface area contributed by atoms with E-state index in [1.54, 1.807) is 0 Å². The minimum absolute atomic E-state index is 0.102. The molecule has 1 spiro atoms. The largest absolute Gasteiger partial charge is 0.434 e. The number of hydrogen-bond donors (Lipinski definition) is 1. The number of halogens is 6. The molecule has 1 aliphatic carbocycles. The van der Waals surface area contributed by atoms with Crippen LogP contribution in [0, 0.1) is 11.3 Å². The van der Waals surface area contributed by atoms with Crippen molar-refractivity contribution in [3.8, 4) is 0 Å². The minimum Gasteiger partial charge on any atom is -0.426 e. The molecular formula is C15H15F6N3O4. The van der Waals surface area contributed by atoms with Crippen molar-refractivity contribution in [3.05, 3.63) is 12.3 Å². The van der Waals surface area contributed by atoms with Gasteiger partial charge in [-0.2, -0.15) is 26.3 Å². The molecule has 156 valence electrons. The summed E-state index contributed by atoms with van der Waals surface area (Å²) in [6.07, 6.45) is -15.1. The quantitative estimate of drug-likeness (QED) is 0.766. The molecule has 1 aromatic rings. The SMILES string of the molecule is O=C(Nc1ccon1)C1CC12CCN(C(=O)OC(C(F)(F)F)C(F)(F)F)CC2. The predicted molar refractivity (Wildman–Crippen MR) is 78.9 cm³/mol. The first kappa shape index (κ1) is 20.3. The standard InChI is InChI=1S/C15H15F6N3O4/c16-14(17,18)11(15(19,20)21)28-12(26)24-4-2-13(3-5-24)7-8(13)10(25)22-9-1-6-27-23-9/h1,6,8,11H,2-5,7H2,(H,22,23,25). The second-order valence-corrected chi connectivity index (χ2v) is 6.83. The number of nitrogens with zero attached hydrogens (tertiary/aromatic N) is 2. The smallest absolute Gasteiger partial charge is 0.426 e. The number of amides is 2. The number of likely N-dealkylation sites (tertiary alicyclic amines) is 1. The lowest BCUT2D eigenvalue weighted by molar-refractivity contribution is -0.308. The Kier molecular flexibility index (Phi) is 4.96. The Bertz CT molecular complexity index is 711. The fourth-order valence-corrected chi connectivity index (χ4v) is 3.39. The van der Waals surface area contributed by atoms with E-state index >= 15 is 0 Å². The molecule has 1 aliphatic heterocycles. The van der Waals surface area contributed by atoms with E-state index in [1.165, 1.54) is 12.3 Å². The molecule has 3 rings (SSSR count). The van der Waals surface area contributed by atoms with Gasteiger partial charge in [-0.1, -0.05) is 5.16 Å². The first-order chi connectivity index (χ1) is 12.9. The van der Waals surface area contributed by atoms with Crippen LogP contribution in [0.4, 0.5) is 37.0 Å². The summed E-state index contributed by atoms with van der Waals surface area (Å²) in [4.78, 5) is 24.7. The maximum absolute atomic E-state index is 12.5. The zero-order chi connectivity index (χ0) is 20.7. The highest BCUT2D eigenvalue weighted by molar-refractivity contribution is 5.94. The summed E-state index contributed by atoms with van der Waals surface area (Å²) in [5.41, 5.74) is -0.432. The fraction of sp³-hybridized carbons (Fsp3) is 0.667. The van der Waals surface area contributed by atoms with Crippen LogP contribution < -0.4 is 5.32 Å². The number of ether oxygens (including phenoxy) is 1. The number of hydrogen-bond acceptors (Lipinski definition) is 5. The minimum atomic E-state index is -5.76. The average Bonchev–Trinajstić information content (AvgIpc) is 3.02. The van der Waals surface area contributed by atoms with Gasteiger partial charge in [0.15, 0.2) is 5.82 Å². The number of piperidine rings is 1. The Morgan fingerprint density at radius 2 is 1.82 bits per heavy atom. The normalized spacial score (nSPS) is 21.7. The Balaban J connectivity index is 1.53. The zero-order valence-electron chi connectivity index (χ0n) is 14.1. The van der Waals surface area contributed by atoms with Crippen molar-refractivity contribution in [3.63, 3.8) is 0 Å². The zero-order valence-corrected chi connectivity index (χ0v) is 14.1. The lowest BCUT2D eigenvalue weighted by Crippen LogP contribution is -2.49. The third-order valence-electron chi connectivity index (χ3n) is 5.03. The first-order valence-corrected chi connectivity index (χ1v) is 8.23. The molecule has 0 radical (unpaired) electrons. The van der Waals surface area contributed by atoms with Crippen molar-refractivity contribution < 1.29 is 45.2 Å². The van der Waals surface area contributed by atoms with Crippen molar-refractivity contribution in [2.45, 2.75) is 37.7 Å². The Hall–Kier alpha value is -2.47. The fourth-order valence-electron chi connectivity index (χ4n) is 3.39. The van der Waals surface area contributed by atoms with Crippen LogP contribution in [0.1, 0.15) is 19.3 Å². The van der Waals surface area contributed by atoms with E-state index in [2.05, 4.69) is 19.7 Å². The molecule has 13 heteroatoms. The first-order valence-electron chi connectivity index (χ1n) is 8.23. The lowest BCUT2D eigenvalue weighted by Gasteiger charge is -2.33. The summed E-state index contributed by atoms with van der Waals surface area (Å²) in [7, 11) is 0. The van der Waals surface area contributed by atoms with Gasteiger partial charge in [0.25, 0.3) is 6.10 Å². The maximum atomic E-state index is 12.5. The van der Waals surface area contributed by atoms with Crippen LogP contribution in [-0.4, -0.2) is 53.6 Å². The van der Waals surface area contributed by atoms with E-state index < -0.39 is 30.0 Å².